The predicted octanol–water partition coefficient (Wildman–Crippen LogP) is -1.15. The zero-order chi connectivity index (χ0) is 13.0. The van der Waals surface area contributed by atoms with Crippen LogP contribution in [0.25, 0.3) is 0 Å². The average molecular weight is 245 g/mol. The van der Waals surface area contributed by atoms with Gasteiger partial charge in [0.15, 0.2) is 0 Å². The highest BCUT2D eigenvalue weighted by Crippen LogP contribution is 2.23. The van der Waals surface area contributed by atoms with Gasteiger partial charge in [-0.1, -0.05) is 0 Å². The number of ether oxygens (including phenoxy) is 3. The van der Waals surface area contributed by atoms with Gasteiger partial charge in [-0.25, -0.2) is 0 Å². The zero-order valence-electron chi connectivity index (χ0n) is 9.89. The van der Waals surface area contributed by atoms with Gasteiger partial charge in [-0.05, 0) is 6.42 Å². The molecular formula is C10H15NO6. The summed E-state index contributed by atoms with van der Waals surface area (Å²) in [5.74, 6) is -2.42. The van der Waals surface area contributed by atoms with E-state index in [4.69, 9.17) is 0 Å². The predicted molar refractivity (Wildman–Crippen MR) is 54.9 cm³/mol. The monoisotopic (exact) mass is 245 g/mol. The van der Waals surface area contributed by atoms with E-state index in [0.717, 1.165) is 0 Å². The third-order valence-electron chi connectivity index (χ3n) is 2.72. The molecule has 1 heterocycles. The molecule has 7 heteroatoms. The van der Waals surface area contributed by atoms with Crippen LogP contribution in [-0.2, 0) is 28.6 Å². The van der Waals surface area contributed by atoms with Crippen LogP contribution in [-0.4, -0.2) is 51.3 Å². The maximum atomic E-state index is 11.5. The lowest BCUT2D eigenvalue weighted by Crippen LogP contribution is -2.43. The van der Waals surface area contributed by atoms with Gasteiger partial charge in [-0.15, -0.1) is 0 Å². The second-order valence-corrected chi connectivity index (χ2v) is 3.61. The molecule has 1 saturated heterocycles. The van der Waals surface area contributed by atoms with Gasteiger partial charge >= 0.3 is 17.9 Å². The number of carbonyl (C=O) groups excluding carboxylic acids is 3. The molecule has 17 heavy (non-hydrogen) atoms. The molecule has 0 unspecified atom stereocenters. The number of methoxy groups -OCH3 is 3. The molecule has 1 fully saturated rings. The summed E-state index contributed by atoms with van der Waals surface area (Å²) in [6.07, 6.45) is 0.152. The number of esters is 3. The van der Waals surface area contributed by atoms with E-state index < -0.39 is 35.9 Å². The molecule has 1 N–H and O–H groups in total. The summed E-state index contributed by atoms with van der Waals surface area (Å²) < 4.78 is 13.7. The van der Waals surface area contributed by atoms with Crippen molar-refractivity contribution in [1.29, 1.82) is 0 Å². The number of hydrogen-bond acceptors (Lipinski definition) is 7. The van der Waals surface area contributed by atoms with E-state index in [1.807, 2.05) is 0 Å². The molecule has 3 atom stereocenters. The SMILES string of the molecule is COC(=O)[C@@H]1C[C@H](C(=O)OC)[C@@H](C(=O)OC)N1. The van der Waals surface area contributed by atoms with Gasteiger partial charge < -0.3 is 14.2 Å². The van der Waals surface area contributed by atoms with Gasteiger partial charge in [0.1, 0.15) is 12.1 Å². The lowest BCUT2D eigenvalue weighted by molar-refractivity contribution is -0.153. The van der Waals surface area contributed by atoms with Crippen LogP contribution in [0.4, 0.5) is 0 Å². The van der Waals surface area contributed by atoms with Crippen molar-refractivity contribution in [3.8, 4) is 0 Å². The number of rotatable bonds is 3. The number of nitrogens with one attached hydrogen (secondary N) is 1. The van der Waals surface area contributed by atoms with Gasteiger partial charge in [-0.3, -0.25) is 19.7 Å². The van der Waals surface area contributed by atoms with Crippen molar-refractivity contribution in [3.05, 3.63) is 0 Å². The molecule has 0 aromatic carbocycles. The maximum Gasteiger partial charge on any atom is 0.323 e. The van der Waals surface area contributed by atoms with E-state index in [9.17, 15) is 14.4 Å². The third kappa shape index (κ3) is 2.73. The first-order valence-corrected chi connectivity index (χ1v) is 5.04. The Morgan fingerprint density at radius 2 is 1.47 bits per heavy atom. The average Bonchev–Trinajstić information content (AvgIpc) is 2.80. The summed E-state index contributed by atoms with van der Waals surface area (Å²) in [5, 5.41) is 2.71. The van der Waals surface area contributed by atoms with E-state index >= 15 is 0 Å². The van der Waals surface area contributed by atoms with Crippen LogP contribution in [0.1, 0.15) is 6.42 Å². The van der Waals surface area contributed by atoms with Crippen molar-refractivity contribution in [2.75, 3.05) is 21.3 Å². The summed E-state index contributed by atoms with van der Waals surface area (Å²) in [6, 6.07) is -1.58. The largest absolute Gasteiger partial charge is 0.469 e. The minimum atomic E-state index is -0.878. The zero-order valence-corrected chi connectivity index (χ0v) is 9.89. The standard InChI is InChI=1S/C10H15NO6/c1-15-8(12)5-4-6(9(13)16-2)11-7(5)10(14)17-3/h5-7,11H,4H2,1-3H3/t5-,6-,7-/m0/s1. The first kappa shape index (κ1) is 13.4. The quantitative estimate of drug-likeness (QED) is 0.496. The van der Waals surface area contributed by atoms with Crippen LogP contribution in [0.2, 0.25) is 0 Å². The molecule has 1 aliphatic heterocycles. The van der Waals surface area contributed by atoms with Crippen molar-refractivity contribution >= 4 is 17.9 Å². The molecule has 0 amide bonds. The van der Waals surface area contributed by atoms with Crippen LogP contribution < -0.4 is 5.32 Å². The van der Waals surface area contributed by atoms with Crippen molar-refractivity contribution in [1.82, 2.24) is 5.32 Å². The van der Waals surface area contributed by atoms with Gasteiger partial charge in [-0.2, -0.15) is 0 Å². The Balaban J connectivity index is 2.82. The highest BCUT2D eigenvalue weighted by molar-refractivity contribution is 5.88. The Hall–Kier alpha value is -1.63. The minimum absolute atomic E-state index is 0.152. The molecule has 0 saturated carbocycles. The van der Waals surface area contributed by atoms with E-state index in [2.05, 4.69) is 19.5 Å². The second-order valence-electron chi connectivity index (χ2n) is 3.61. The molecule has 0 bridgehead atoms. The number of carbonyl (C=O) groups is 3. The Morgan fingerprint density at radius 3 is 1.94 bits per heavy atom. The first-order chi connectivity index (χ1) is 8.04. The Bertz CT molecular complexity index is 305. The van der Waals surface area contributed by atoms with Crippen LogP contribution in [0, 0.1) is 5.92 Å². The normalized spacial score (nSPS) is 27.4. The molecular weight excluding hydrogens is 230 g/mol. The van der Waals surface area contributed by atoms with Gasteiger partial charge in [0.2, 0.25) is 0 Å². The van der Waals surface area contributed by atoms with E-state index in [1.165, 1.54) is 21.3 Å². The Labute approximate surface area is 98.4 Å². The molecule has 7 nitrogen and oxygen atoms in total. The van der Waals surface area contributed by atoms with Crippen LogP contribution in [0.3, 0.4) is 0 Å². The lowest BCUT2D eigenvalue weighted by Gasteiger charge is -2.14. The molecule has 1 aliphatic rings. The molecule has 0 aromatic heterocycles. The first-order valence-electron chi connectivity index (χ1n) is 5.04. The lowest BCUT2D eigenvalue weighted by atomic mass is 9.99. The summed E-state index contributed by atoms with van der Waals surface area (Å²) in [4.78, 5) is 34.3. The molecule has 0 spiro atoms. The van der Waals surface area contributed by atoms with Crippen molar-refractivity contribution in [2.24, 2.45) is 5.92 Å². The fraction of sp³-hybridized carbons (Fsp3) is 0.700. The minimum Gasteiger partial charge on any atom is -0.469 e. The van der Waals surface area contributed by atoms with E-state index in [1.54, 1.807) is 0 Å². The van der Waals surface area contributed by atoms with Crippen LogP contribution in [0.5, 0.6) is 0 Å². The highest BCUT2D eigenvalue weighted by Gasteiger charge is 2.46. The summed E-state index contributed by atoms with van der Waals surface area (Å²) >= 11 is 0. The Kier molecular flexibility index (Phi) is 4.45. The van der Waals surface area contributed by atoms with Crippen molar-refractivity contribution in [3.63, 3.8) is 0 Å². The second kappa shape index (κ2) is 5.62. The van der Waals surface area contributed by atoms with Crippen molar-refractivity contribution < 1.29 is 28.6 Å². The molecule has 0 aliphatic carbocycles. The molecule has 0 aromatic rings. The third-order valence-corrected chi connectivity index (χ3v) is 2.72. The van der Waals surface area contributed by atoms with Crippen molar-refractivity contribution in [2.45, 2.75) is 18.5 Å². The van der Waals surface area contributed by atoms with E-state index in [0.29, 0.717) is 0 Å². The van der Waals surface area contributed by atoms with Gasteiger partial charge in [0, 0.05) is 0 Å². The fourth-order valence-electron chi connectivity index (χ4n) is 1.84. The topological polar surface area (TPSA) is 90.9 Å². The summed E-state index contributed by atoms with van der Waals surface area (Å²) in [7, 11) is 3.68. The maximum absolute atomic E-state index is 11.5. The Morgan fingerprint density at radius 1 is 0.941 bits per heavy atom. The van der Waals surface area contributed by atoms with E-state index in [-0.39, 0.29) is 6.42 Å². The highest BCUT2D eigenvalue weighted by atomic mass is 16.5. The van der Waals surface area contributed by atoms with Gasteiger partial charge in [0.25, 0.3) is 0 Å². The summed E-state index contributed by atoms with van der Waals surface area (Å²) in [5.41, 5.74) is 0. The van der Waals surface area contributed by atoms with Gasteiger partial charge in [0.05, 0.1) is 27.2 Å². The molecule has 96 valence electrons. The number of hydrogen-bond donors (Lipinski definition) is 1. The summed E-state index contributed by atoms with van der Waals surface area (Å²) in [6.45, 7) is 0. The van der Waals surface area contributed by atoms with Crippen LogP contribution in [0.15, 0.2) is 0 Å². The van der Waals surface area contributed by atoms with Crippen LogP contribution >= 0.6 is 0 Å². The fourth-order valence-corrected chi connectivity index (χ4v) is 1.84. The molecule has 1 rings (SSSR count). The smallest absolute Gasteiger partial charge is 0.323 e. The molecule has 0 radical (unpaired) electrons.